The largest absolute Gasteiger partial charge is 0.481 e. The Balaban J connectivity index is 2.84. The molecule has 0 aliphatic rings. The van der Waals surface area contributed by atoms with Gasteiger partial charge in [-0.25, -0.2) is 0 Å². The summed E-state index contributed by atoms with van der Waals surface area (Å²) in [4.78, 5) is 10.7. The summed E-state index contributed by atoms with van der Waals surface area (Å²) in [6, 6.07) is 9.72. The lowest BCUT2D eigenvalue weighted by Crippen LogP contribution is -2.10. The Kier molecular flexibility index (Phi) is 3.46. The van der Waals surface area contributed by atoms with Crippen molar-refractivity contribution in [2.75, 3.05) is 0 Å². The lowest BCUT2D eigenvalue weighted by molar-refractivity contribution is -0.139. The van der Waals surface area contributed by atoms with E-state index < -0.39 is 11.9 Å². The zero-order chi connectivity index (χ0) is 10.6. The van der Waals surface area contributed by atoms with Crippen molar-refractivity contribution in [2.24, 2.45) is 5.92 Å². The fraction of sp³-hybridized carbons (Fsp3) is 0.250. The molecule has 1 N–H and O–H groups in total. The normalized spacial score (nSPS) is 13.7. The second kappa shape index (κ2) is 4.61. The van der Waals surface area contributed by atoms with Gasteiger partial charge >= 0.3 is 5.97 Å². The van der Waals surface area contributed by atoms with Gasteiger partial charge in [-0.15, -0.1) is 0 Å². The summed E-state index contributed by atoms with van der Waals surface area (Å²) in [5, 5.41) is 8.79. The topological polar surface area (TPSA) is 37.3 Å². The van der Waals surface area contributed by atoms with Crippen LogP contribution in [0.4, 0.5) is 0 Å². The second-order valence-corrected chi connectivity index (χ2v) is 3.36. The van der Waals surface area contributed by atoms with E-state index in [9.17, 15) is 4.79 Å². The highest BCUT2D eigenvalue weighted by Crippen LogP contribution is 2.14. The van der Waals surface area contributed by atoms with Crippen molar-refractivity contribution >= 4 is 12.0 Å². The Bertz CT molecular complexity index is 339. The molecule has 0 spiro atoms. The summed E-state index contributed by atoms with van der Waals surface area (Å²) >= 11 is 0. The SMILES string of the molecule is C/C(=C\c1ccccc1)C(C)C(=O)O. The van der Waals surface area contributed by atoms with Gasteiger partial charge in [0, 0.05) is 0 Å². The Morgan fingerprint density at radius 3 is 2.43 bits per heavy atom. The zero-order valence-corrected chi connectivity index (χ0v) is 8.40. The first kappa shape index (κ1) is 10.5. The highest BCUT2D eigenvalue weighted by atomic mass is 16.4. The molecule has 1 aromatic carbocycles. The van der Waals surface area contributed by atoms with Crippen molar-refractivity contribution < 1.29 is 9.90 Å². The van der Waals surface area contributed by atoms with E-state index >= 15 is 0 Å². The predicted molar refractivity (Wildman–Crippen MR) is 56.9 cm³/mol. The Morgan fingerprint density at radius 1 is 1.36 bits per heavy atom. The molecule has 1 atom stereocenters. The van der Waals surface area contributed by atoms with E-state index in [1.54, 1.807) is 6.92 Å². The third-order valence-corrected chi connectivity index (χ3v) is 2.25. The fourth-order valence-electron chi connectivity index (χ4n) is 1.13. The van der Waals surface area contributed by atoms with Gasteiger partial charge in [0.15, 0.2) is 0 Å². The van der Waals surface area contributed by atoms with Crippen LogP contribution in [0.5, 0.6) is 0 Å². The second-order valence-electron chi connectivity index (χ2n) is 3.36. The molecule has 0 radical (unpaired) electrons. The van der Waals surface area contributed by atoms with Crippen LogP contribution in [0.2, 0.25) is 0 Å². The summed E-state index contributed by atoms with van der Waals surface area (Å²) in [6.07, 6.45) is 1.90. The molecule has 0 aliphatic carbocycles. The molecule has 2 nitrogen and oxygen atoms in total. The van der Waals surface area contributed by atoms with E-state index in [0.29, 0.717) is 0 Å². The number of carboxylic acid groups (broad SMARTS) is 1. The first-order chi connectivity index (χ1) is 6.61. The molecule has 1 rings (SSSR count). The standard InChI is InChI=1S/C12H14O2/c1-9(10(2)12(13)14)8-11-6-4-3-5-7-11/h3-8,10H,1-2H3,(H,13,14)/b9-8+. The third-order valence-electron chi connectivity index (χ3n) is 2.25. The summed E-state index contributed by atoms with van der Waals surface area (Å²) in [7, 11) is 0. The molecular weight excluding hydrogens is 176 g/mol. The lowest BCUT2D eigenvalue weighted by atomic mass is 10.0. The van der Waals surface area contributed by atoms with Crippen LogP contribution >= 0.6 is 0 Å². The number of hydrogen-bond acceptors (Lipinski definition) is 1. The molecule has 2 heteroatoms. The van der Waals surface area contributed by atoms with E-state index in [2.05, 4.69) is 0 Å². The summed E-state index contributed by atoms with van der Waals surface area (Å²) in [6.45, 7) is 3.53. The minimum Gasteiger partial charge on any atom is -0.481 e. The van der Waals surface area contributed by atoms with Crippen molar-refractivity contribution in [1.29, 1.82) is 0 Å². The third kappa shape index (κ3) is 2.73. The predicted octanol–water partition coefficient (Wildman–Crippen LogP) is 2.81. The van der Waals surface area contributed by atoms with Gasteiger partial charge in [-0.1, -0.05) is 42.0 Å². The quantitative estimate of drug-likeness (QED) is 0.795. The number of rotatable bonds is 3. The molecule has 0 fully saturated rings. The maximum Gasteiger partial charge on any atom is 0.310 e. The van der Waals surface area contributed by atoms with Gasteiger partial charge in [-0.2, -0.15) is 0 Å². The van der Waals surface area contributed by atoms with Crippen molar-refractivity contribution in [1.82, 2.24) is 0 Å². The van der Waals surface area contributed by atoms with E-state index in [0.717, 1.165) is 11.1 Å². The van der Waals surface area contributed by atoms with Gasteiger partial charge in [0.05, 0.1) is 5.92 Å². The molecule has 14 heavy (non-hydrogen) atoms. The van der Waals surface area contributed by atoms with Gasteiger partial charge in [-0.3, -0.25) is 4.79 Å². The smallest absolute Gasteiger partial charge is 0.310 e. The average molecular weight is 190 g/mol. The van der Waals surface area contributed by atoms with Crippen LogP contribution in [0, 0.1) is 5.92 Å². The Hall–Kier alpha value is -1.57. The van der Waals surface area contributed by atoms with Gasteiger partial charge in [-0.05, 0) is 19.4 Å². The fourth-order valence-corrected chi connectivity index (χ4v) is 1.13. The van der Waals surface area contributed by atoms with Gasteiger partial charge in [0.1, 0.15) is 0 Å². The highest BCUT2D eigenvalue weighted by Gasteiger charge is 2.11. The molecule has 0 heterocycles. The average Bonchev–Trinajstić information content (AvgIpc) is 2.18. The van der Waals surface area contributed by atoms with E-state index in [1.165, 1.54) is 0 Å². The minimum absolute atomic E-state index is 0.421. The van der Waals surface area contributed by atoms with Gasteiger partial charge in [0.25, 0.3) is 0 Å². The van der Waals surface area contributed by atoms with Crippen LogP contribution in [-0.4, -0.2) is 11.1 Å². The van der Waals surface area contributed by atoms with Crippen LogP contribution in [0.15, 0.2) is 35.9 Å². The molecular formula is C12H14O2. The van der Waals surface area contributed by atoms with E-state index in [-0.39, 0.29) is 0 Å². The van der Waals surface area contributed by atoms with Crippen molar-refractivity contribution in [3.05, 3.63) is 41.5 Å². The Morgan fingerprint density at radius 2 is 1.93 bits per heavy atom. The van der Waals surface area contributed by atoms with Crippen LogP contribution in [-0.2, 0) is 4.79 Å². The van der Waals surface area contributed by atoms with Crippen molar-refractivity contribution in [2.45, 2.75) is 13.8 Å². The first-order valence-corrected chi connectivity index (χ1v) is 4.57. The Labute approximate surface area is 83.9 Å². The number of hydrogen-bond donors (Lipinski definition) is 1. The maximum atomic E-state index is 10.7. The molecule has 1 unspecified atom stereocenters. The molecule has 0 amide bonds. The van der Waals surface area contributed by atoms with E-state index in [4.69, 9.17) is 5.11 Å². The van der Waals surface area contributed by atoms with Crippen LogP contribution in [0.3, 0.4) is 0 Å². The number of carbonyl (C=O) groups is 1. The lowest BCUT2D eigenvalue weighted by Gasteiger charge is -2.06. The van der Waals surface area contributed by atoms with Crippen molar-refractivity contribution in [3.63, 3.8) is 0 Å². The highest BCUT2D eigenvalue weighted by molar-refractivity contribution is 5.75. The molecule has 0 saturated carbocycles. The first-order valence-electron chi connectivity index (χ1n) is 4.57. The zero-order valence-electron chi connectivity index (χ0n) is 8.40. The number of aliphatic carboxylic acids is 1. The molecule has 74 valence electrons. The van der Waals surface area contributed by atoms with Crippen LogP contribution < -0.4 is 0 Å². The van der Waals surface area contributed by atoms with Gasteiger partial charge in [0.2, 0.25) is 0 Å². The molecule has 1 aromatic rings. The number of carboxylic acids is 1. The van der Waals surface area contributed by atoms with Gasteiger partial charge < -0.3 is 5.11 Å². The summed E-state index contributed by atoms with van der Waals surface area (Å²) in [5.74, 6) is -1.20. The minimum atomic E-state index is -0.783. The molecule has 0 saturated heterocycles. The van der Waals surface area contributed by atoms with Crippen LogP contribution in [0.25, 0.3) is 6.08 Å². The van der Waals surface area contributed by atoms with Crippen molar-refractivity contribution in [3.8, 4) is 0 Å². The molecule has 0 bridgehead atoms. The maximum absolute atomic E-state index is 10.7. The number of benzene rings is 1. The summed E-state index contributed by atoms with van der Waals surface area (Å²) < 4.78 is 0. The molecule has 0 aromatic heterocycles. The molecule has 0 aliphatic heterocycles. The van der Waals surface area contributed by atoms with E-state index in [1.807, 2.05) is 43.3 Å². The monoisotopic (exact) mass is 190 g/mol. The van der Waals surface area contributed by atoms with Crippen LogP contribution in [0.1, 0.15) is 19.4 Å². The summed E-state index contributed by atoms with van der Waals surface area (Å²) in [5.41, 5.74) is 1.90.